The molecule has 1 aliphatic rings. The van der Waals surface area contributed by atoms with Crippen LogP contribution in [0.25, 0.3) is 5.69 Å². The Morgan fingerprint density at radius 1 is 1.16 bits per heavy atom. The summed E-state index contributed by atoms with van der Waals surface area (Å²) in [5, 5.41) is 7.51. The molecule has 0 saturated carbocycles. The van der Waals surface area contributed by atoms with Crippen LogP contribution in [0.4, 0.5) is 10.2 Å². The second kappa shape index (κ2) is 9.12. The third-order valence-corrected chi connectivity index (χ3v) is 5.52. The van der Waals surface area contributed by atoms with Gasteiger partial charge in [-0.1, -0.05) is 29.8 Å². The maximum atomic E-state index is 13.2. The van der Waals surface area contributed by atoms with Gasteiger partial charge < -0.3 is 10.2 Å². The van der Waals surface area contributed by atoms with Gasteiger partial charge in [-0.2, -0.15) is 4.68 Å². The fourth-order valence-corrected chi connectivity index (χ4v) is 3.89. The second-order valence-electron chi connectivity index (χ2n) is 7.91. The zero-order chi connectivity index (χ0) is 21.8. The molecule has 0 bridgehead atoms. The normalized spacial score (nSPS) is 16.2. The number of hydrogen-bond acceptors (Lipinski definition) is 4. The maximum absolute atomic E-state index is 13.2. The van der Waals surface area contributed by atoms with Crippen molar-refractivity contribution in [3.05, 3.63) is 88.0 Å². The molecule has 2 aromatic carbocycles. The van der Waals surface area contributed by atoms with E-state index in [9.17, 15) is 14.0 Å². The summed E-state index contributed by atoms with van der Waals surface area (Å²) < 4.78 is 14.5. The Labute approximate surface area is 180 Å². The van der Waals surface area contributed by atoms with E-state index in [0.717, 1.165) is 30.5 Å². The number of nitrogens with one attached hydrogen (secondary N) is 1. The molecule has 1 N–H and O–H groups in total. The summed E-state index contributed by atoms with van der Waals surface area (Å²) >= 11 is 0. The number of carbonyl (C=O) groups excluding carboxylic acids is 1. The van der Waals surface area contributed by atoms with Crippen LogP contribution in [0, 0.1) is 18.7 Å². The highest BCUT2D eigenvalue weighted by Gasteiger charge is 2.26. The minimum Gasteiger partial charge on any atom is -0.354 e. The summed E-state index contributed by atoms with van der Waals surface area (Å²) in [6.45, 7) is 3.83. The van der Waals surface area contributed by atoms with Gasteiger partial charge in [0.05, 0.1) is 11.6 Å². The first-order chi connectivity index (χ1) is 15.0. The lowest BCUT2D eigenvalue weighted by atomic mass is 9.97. The molecule has 0 spiro atoms. The van der Waals surface area contributed by atoms with E-state index in [4.69, 9.17) is 0 Å². The van der Waals surface area contributed by atoms with Crippen LogP contribution in [0.1, 0.15) is 24.0 Å². The minimum absolute atomic E-state index is 0.0260. The molecule has 160 valence electrons. The Morgan fingerprint density at radius 2 is 1.97 bits per heavy atom. The van der Waals surface area contributed by atoms with Gasteiger partial charge in [0, 0.05) is 25.7 Å². The lowest BCUT2D eigenvalue weighted by Crippen LogP contribution is -2.43. The molecule has 1 saturated heterocycles. The average Bonchev–Trinajstić information content (AvgIpc) is 2.79. The van der Waals surface area contributed by atoms with Gasteiger partial charge >= 0.3 is 0 Å². The van der Waals surface area contributed by atoms with Crippen LogP contribution in [0.2, 0.25) is 0 Å². The van der Waals surface area contributed by atoms with Crippen LogP contribution in [-0.4, -0.2) is 28.8 Å². The number of rotatable bonds is 5. The predicted molar refractivity (Wildman–Crippen MR) is 118 cm³/mol. The lowest BCUT2D eigenvalue weighted by Gasteiger charge is -2.33. The minimum atomic E-state index is -0.372. The number of carbonyl (C=O) groups is 1. The van der Waals surface area contributed by atoms with E-state index < -0.39 is 0 Å². The topological polar surface area (TPSA) is 67.2 Å². The monoisotopic (exact) mass is 420 g/mol. The van der Waals surface area contributed by atoms with Gasteiger partial charge in [-0.15, -0.1) is 5.10 Å². The molecule has 4 rings (SSSR count). The van der Waals surface area contributed by atoms with Crippen molar-refractivity contribution in [3.63, 3.8) is 0 Å². The number of aromatic nitrogens is 2. The highest BCUT2D eigenvalue weighted by atomic mass is 19.1. The molecule has 1 aliphatic heterocycles. The highest BCUT2D eigenvalue weighted by Crippen LogP contribution is 2.22. The van der Waals surface area contributed by atoms with Crippen LogP contribution in [0.15, 0.2) is 65.5 Å². The number of benzene rings is 2. The molecule has 0 aliphatic carbocycles. The molecule has 1 atom stereocenters. The third kappa shape index (κ3) is 4.99. The quantitative estimate of drug-likeness (QED) is 0.688. The fraction of sp³-hybridized carbons (Fsp3) is 0.292. The predicted octanol–water partition coefficient (Wildman–Crippen LogP) is 3.21. The first kappa shape index (κ1) is 20.8. The molecule has 0 unspecified atom stereocenters. The van der Waals surface area contributed by atoms with E-state index in [2.05, 4.69) is 16.5 Å². The number of hydrogen-bond donors (Lipinski definition) is 1. The number of nitrogens with zero attached hydrogens (tertiary/aromatic N) is 3. The van der Waals surface area contributed by atoms with Crippen molar-refractivity contribution in [2.75, 3.05) is 18.0 Å². The summed E-state index contributed by atoms with van der Waals surface area (Å²) in [6.07, 6.45) is 1.67. The zero-order valence-corrected chi connectivity index (χ0v) is 17.4. The molecular formula is C24H25FN4O2. The Balaban J connectivity index is 1.45. The summed E-state index contributed by atoms with van der Waals surface area (Å²) in [7, 11) is 0. The summed E-state index contributed by atoms with van der Waals surface area (Å²) in [6, 6.07) is 16.8. The molecular weight excluding hydrogens is 395 g/mol. The number of anilines is 1. The Kier molecular flexibility index (Phi) is 6.11. The van der Waals surface area contributed by atoms with E-state index in [1.807, 2.05) is 30.0 Å². The van der Waals surface area contributed by atoms with Crippen molar-refractivity contribution in [1.29, 1.82) is 0 Å². The van der Waals surface area contributed by atoms with Crippen LogP contribution < -0.4 is 15.8 Å². The molecule has 1 fully saturated rings. The van der Waals surface area contributed by atoms with Crippen LogP contribution in [-0.2, 0) is 11.3 Å². The standard InChI is InChI=1S/C24H25FN4O2/c1-17-4-2-5-18(14-17)15-26-24(31)19-6-3-13-28(16-19)22-11-12-23(30)29(27-22)21-9-7-20(25)8-10-21/h2,4-5,7-12,14,19H,3,6,13,15-16H2,1H3,(H,26,31)/t19-/m1/s1. The van der Waals surface area contributed by atoms with Crippen molar-refractivity contribution in [2.45, 2.75) is 26.3 Å². The second-order valence-corrected chi connectivity index (χ2v) is 7.91. The smallest absolute Gasteiger partial charge is 0.271 e. The Morgan fingerprint density at radius 3 is 2.74 bits per heavy atom. The SMILES string of the molecule is Cc1cccc(CNC(=O)[C@@H]2CCCN(c3ccc(=O)n(-c4ccc(F)cc4)n3)C2)c1. The van der Waals surface area contributed by atoms with Crippen molar-refractivity contribution in [3.8, 4) is 5.69 Å². The van der Waals surface area contributed by atoms with Crippen LogP contribution >= 0.6 is 0 Å². The zero-order valence-electron chi connectivity index (χ0n) is 17.4. The molecule has 7 heteroatoms. The van der Waals surface area contributed by atoms with Gasteiger partial charge in [0.25, 0.3) is 5.56 Å². The highest BCUT2D eigenvalue weighted by molar-refractivity contribution is 5.79. The molecule has 0 radical (unpaired) electrons. The molecule has 1 aromatic heterocycles. The van der Waals surface area contributed by atoms with Gasteiger partial charge in [-0.25, -0.2) is 4.39 Å². The van der Waals surface area contributed by atoms with Crippen LogP contribution in [0.3, 0.4) is 0 Å². The fourth-order valence-electron chi connectivity index (χ4n) is 3.89. The number of halogens is 1. The first-order valence-corrected chi connectivity index (χ1v) is 10.4. The van der Waals surface area contributed by atoms with Crippen molar-refractivity contribution < 1.29 is 9.18 Å². The van der Waals surface area contributed by atoms with E-state index in [1.165, 1.54) is 35.0 Å². The number of aryl methyl sites for hydroxylation is 1. The Bertz CT molecular complexity index is 1130. The first-order valence-electron chi connectivity index (χ1n) is 10.4. The van der Waals surface area contributed by atoms with Gasteiger partial charge in [0.1, 0.15) is 11.6 Å². The van der Waals surface area contributed by atoms with E-state index >= 15 is 0 Å². The maximum Gasteiger partial charge on any atom is 0.271 e. The summed E-state index contributed by atoms with van der Waals surface area (Å²) in [4.78, 5) is 27.1. The van der Waals surface area contributed by atoms with E-state index in [0.29, 0.717) is 24.6 Å². The van der Waals surface area contributed by atoms with Gasteiger partial charge in [0.2, 0.25) is 5.91 Å². The Hall–Kier alpha value is -3.48. The number of piperidine rings is 1. The van der Waals surface area contributed by atoms with Gasteiger partial charge in [0.15, 0.2) is 0 Å². The van der Waals surface area contributed by atoms with Crippen molar-refractivity contribution in [1.82, 2.24) is 15.1 Å². The largest absolute Gasteiger partial charge is 0.354 e. The van der Waals surface area contributed by atoms with Crippen LogP contribution in [0.5, 0.6) is 0 Å². The average molecular weight is 420 g/mol. The summed E-state index contributed by atoms with van der Waals surface area (Å²) in [5.74, 6) is 0.133. The third-order valence-electron chi connectivity index (χ3n) is 5.52. The van der Waals surface area contributed by atoms with E-state index in [-0.39, 0.29) is 23.2 Å². The van der Waals surface area contributed by atoms with Crippen molar-refractivity contribution >= 4 is 11.7 Å². The lowest BCUT2D eigenvalue weighted by molar-refractivity contribution is -0.125. The molecule has 1 amide bonds. The summed E-state index contributed by atoms with van der Waals surface area (Å²) in [5.41, 5.74) is 2.45. The molecule has 2 heterocycles. The molecule has 3 aromatic rings. The number of amides is 1. The molecule has 6 nitrogen and oxygen atoms in total. The van der Waals surface area contributed by atoms with Gasteiger partial charge in [-0.3, -0.25) is 9.59 Å². The van der Waals surface area contributed by atoms with Crippen molar-refractivity contribution in [2.24, 2.45) is 5.92 Å². The van der Waals surface area contributed by atoms with E-state index in [1.54, 1.807) is 6.07 Å². The molecule has 31 heavy (non-hydrogen) atoms. The van der Waals surface area contributed by atoms with Gasteiger partial charge in [-0.05, 0) is 55.7 Å².